The Morgan fingerprint density at radius 2 is 2.17 bits per heavy atom. The van der Waals surface area contributed by atoms with Gasteiger partial charge in [0.15, 0.2) is 5.69 Å². The van der Waals surface area contributed by atoms with Gasteiger partial charge in [-0.15, -0.1) is 0 Å². The largest absolute Gasteiger partial charge is 0.476 e. The monoisotopic (exact) mass is 319 g/mol. The highest BCUT2D eigenvalue weighted by atomic mass is 19.1. The van der Waals surface area contributed by atoms with Crippen molar-refractivity contribution in [2.45, 2.75) is 13.0 Å². The highest BCUT2D eigenvalue weighted by Gasteiger charge is 2.31. The van der Waals surface area contributed by atoms with E-state index in [2.05, 4.69) is 4.98 Å². The van der Waals surface area contributed by atoms with E-state index in [9.17, 15) is 24.2 Å². The number of rotatable bonds is 3. The van der Waals surface area contributed by atoms with E-state index >= 15 is 0 Å². The van der Waals surface area contributed by atoms with Crippen LogP contribution in [0.1, 0.15) is 32.4 Å². The van der Waals surface area contributed by atoms with Gasteiger partial charge in [0.1, 0.15) is 11.6 Å². The molecule has 0 aliphatic carbocycles. The Kier molecular flexibility index (Phi) is 3.61. The molecular weight excluding hydrogens is 305 g/mol. The maximum absolute atomic E-state index is 13.6. The summed E-state index contributed by atoms with van der Waals surface area (Å²) in [6.07, 6.45) is 0.120. The fourth-order valence-corrected chi connectivity index (χ4v) is 2.75. The van der Waals surface area contributed by atoms with E-state index in [1.165, 1.54) is 28.6 Å². The number of hydrogen-bond donors (Lipinski definition) is 2. The van der Waals surface area contributed by atoms with Gasteiger partial charge in [-0.2, -0.15) is 0 Å². The molecule has 8 heteroatoms. The zero-order valence-electron chi connectivity index (χ0n) is 12.3. The first-order chi connectivity index (χ1) is 10.9. The minimum Gasteiger partial charge on any atom is -0.476 e. The van der Waals surface area contributed by atoms with E-state index in [0.717, 1.165) is 6.07 Å². The lowest BCUT2D eigenvalue weighted by Gasteiger charge is -2.14. The Labute approximate surface area is 130 Å². The molecule has 1 aromatic carbocycles. The molecule has 0 bridgehead atoms. The summed E-state index contributed by atoms with van der Waals surface area (Å²) in [5.74, 6) is -1.87. The van der Waals surface area contributed by atoms with Crippen LogP contribution >= 0.6 is 0 Å². The van der Waals surface area contributed by atoms with Crippen molar-refractivity contribution in [2.24, 2.45) is 0 Å². The predicted molar refractivity (Wildman–Crippen MR) is 77.1 cm³/mol. The summed E-state index contributed by atoms with van der Waals surface area (Å²) in [7, 11) is 1.51. The molecule has 0 fully saturated rings. The summed E-state index contributed by atoms with van der Waals surface area (Å²) in [4.78, 5) is 29.3. The lowest BCUT2D eigenvalue weighted by atomic mass is 10.1. The molecular formula is C15H14FN3O4. The third-order valence-corrected chi connectivity index (χ3v) is 3.74. The number of carbonyl (C=O) groups excluding carboxylic acids is 1. The molecule has 3 rings (SSSR count). The van der Waals surface area contributed by atoms with Gasteiger partial charge in [0.25, 0.3) is 5.91 Å². The van der Waals surface area contributed by atoms with Gasteiger partial charge >= 0.3 is 5.97 Å². The molecule has 1 aliphatic rings. The van der Waals surface area contributed by atoms with Gasteiger partial charge in [0, 0.05) is 13.5 Å². The van der Waals surface area contributed by atoms with Crippen molar-refractivity contribution in [3.8, 4) is 5.69 Å². The van der Waals surface area contributed by atoms with Gasteiger partial charge in [-0.3, -0.25) is 9.36 Å². The Hall–Kier alpha value is -2.74. The first kappa shape index (κ1) is 15.2. The van der Waals surface area contributed by atoms with Crippen LogP contribution in [-0.4, -0.2) is 50.2 Å². The molecule has 0 atom stereocenters. The number of nitrogens with zero attached hydrogens (tertiary/aromatic N) is 3. The smallest absolute Gasteiger partial charge is 0.356 e. The number of benzene rings is 1. The maximum Gasteiger partial charge on any atom is 0.356 e. The number of aliphatic hydroxyl groups is 1. The second-order valence-corrected chi connectivity index (χ2v) is 5.26. The number of halogens is 1. The Morgan fingerprint density at radius 3 is 2.83 bits per heavy atom. The fourth-order valence-electron chi connectivity index (χ4n) is 2.75. The first-order valence-electron chi connectivity index (χ1n) is 6.94. The molecule has 0 unspecified atom stereocenters. The highest BCUT2D eigenvalue weighted by molar-refractivity contribution is 5.99. The van der Waals surface area contributed by atoms with E-state index in [4.69, 9.17) is 0 Å². The summed E-state index contributed by atoms with van der Waals surface area (Å²) in [5.41, 5.74) is 0.631. The van der Waals surface area contributed by atoms with E-state index in [1.54, 1.807) is 0 Å². The number of amides is 1. The molecule has 120 valence electrons. The number of carboxylic acids is 1. The number of hydrogen-bond acceptors (Lipinski definition) is 4. The minimum absolute atomic E-state index is 0.0230. The van der Waals surface area contributed by atoms with Crippen LogP contribution in [0.2, 0.25) is 0 Å². The predicted octanol–water partition coefficient (Wildman–Crippen LogP) is 0.830. The van der Waals surface area contributed by atoms with Gasteiger partial charge in [-0.05, 0) is 18.2 Å². The summed E-state index contributed by atoms with van der Waals surface area (Å²) >= 11 is 0. The van der Waals surface area contributed by atoms with Crippen molar-refractivity contribution < 1.29 is 24.2 Å². The van der Waals surface area contributed by atoms with Gasteiger partial charge < -0.3 is 15.1 Å². The van der Waals surface area contributed by atoms with Crippen LogP contribution in [0.5, 0.6) is 0 Å². The lowest BCUT2D eigenvalue weighted by molar-refractivity contribution is 0.0682. The number of aromatic nitrogens is 2. The molecule has 2 N–H and O–H groups in total. The normalized spacial score (nSPS) is 13.5. The number of imidazole rings is 1. The average molecular weight is 319 g/mol. The molecule has 23 heavy (non-hydrogen) atoms. The Bertz CT molecular complexity index is 815. The average Bonchev–Trinajstić information content (AvgIpc) is 2.80. The molecule has 2 aromatic rings. The van der Waals surface area contributed by atoms with Crippen LogP contribution in [0.15, 0.2) is 18.2 Å². The second-order valence-electron chi connectivity index (χ2n) is 5.26. The van der Waals surface area contributed by atoms with E-state index < -0.39 is 17.7 Å². The second kappa shape index (κ2) is 5.47. The summed E-state index contributed by atoms with van der Waals surface area (Å²) in [6, 6.07) is 3.73. The van der Waals surface area contributed by atoms with Gasteiger partial charge in [-0.1, -0.05) is 0 Å². The topological polar surface area (TPSA) is 95.7 Å². The molecule has 2 heterocycles. The van der Waals surface area contributed by atoms with E-state index in [-0.39, 0.29) is 30.8 Å². The van der Waals surface area contributed by atoms with Crippen molar-refractivity contribution in [2.75, 3.05) is 13.7 Å². The SMILES string of the molecule is CN1Cc2c(C(=O)O)nc(CCO)n2-c2ccc(F)cc2C1=O. The minimum atomic E-state index is -1.22. The van der Waals surface area contributed by atoms with Crippen molar-refractivity contribution in [3.05, 3.63) is 46.8 Å². The molecule has 0 spiro atoms. The van der Waals surface area contributed by atoms with E-state index in [0.29, 0.717) is 17.2 Å². The van der Waals surface area contributed by atoms with Crippen LogP contribution in [0.3, 0.4) is 0 Å². The number of carbonyl (C=O) groups is 2. The van der Waals surface area contributed by atoms with Crippen LogP contribution in [-0.2, 0) is 13.0 Å². The third kappa shape index (κ3) is 2.36. The number of aliphatic hydroxyl groups excluding tert-OH is 1. The zero-order chi connectivity index (χ0) is 16.7. The van der Waals surface area contributed by atoms with Crippen molar-refractivity contribution in [1.29, 1.82) is 0 Å². The van der Waals surface area contributed by atoms with Crippen LogP contribution in [0.4, 0.5) is 4.39 Å². The molecule has 0 radical (unpaired) electrons. The van der Waals surface area contributed by atoms with Crippen LogP contribution < -0.4 is 0 Å². The maximum atomic E-state index is 13.6. The van der Waals surface area contributed by atoms with Gasteiger partial charge in [-0.25, -0.2) is 14.2 Å². The molecule has 1 aliphatic heterocycles. The quantitative estimate of drug-likeness (QED) is 0.873. The highest BCUT2D eigenvalue weighted by Crippen LogP contribution is 2.28. The first-order valence-corrected chi connectivity index (χ1v) is 6.94. The van der Waals surface area contributed by atoms with Crippen LogP contribution in [0.25, 0.3) is 5.69 Å². The number of aromatic carboxylic acids is 1. The number of fused-ring (bicyclic) bond motifs is 3. The van der Waals surface area contributed by atoms with Crippen molar-refractivity contribution in [3.63, 3.8) is 0 Å². The standard InChI is InChI=1S/C15H14FN3O4/c1-18-7-11-13(15(22)23)17-12(4-5-20)19(11)10-3-2-8(16)6-9(10)14(18)21/h2-3,6,20H,4-5,7H2,1H3,(H,22,23). The van der Waals surface area contributed by atoms with Crippen molar-refractivity contribution in [1.82, 2.24) is 14.5 Å². The zero-order valence-corrected chi connectivity index (χ0v) is 12.3. The van der Waals surface area contributed by atoms with E-state index in [1.807, 2.05) is 0 Å². The summed E-state index contributed by atoms with van der Waals surface area (Å²) in [5, 5.41) is 18.6. The molecule has 0 saturated carbocycles. The third-order valence-electron chi connectivity index (χ3n) is 3.74. The molecule has 1 amide bonds. The fraction of sp³-hybridized carbons (Fsp3) is 0.267. The summed E-state index contributed by atoms with van der Waals surface area (Å²) < 4.78 is 15.1. The molecule has 7 nitrogen and oxygen atoms in total. The van der Waals surface area contributed by atoms with Gasteiger partial charge in [0.05, 0.1) is 30.1 Å². The molecule has 0 saturated heterocycles. The summed E-state index contributed by atoms with van der Waals surface area (Å²) in [6.45, 7) is -0.203. The Balaban J connectivity index is 2.36. The number of carboxylic acid groups (broad SMARTS) is 1. The lowest BCUT2D eigenvalue weighted by Crippen LogP contribution is -2.25. The van der Waals surface area contributed by atoms with Crippen LogP contribution in [0, 0.1) is 5.82 Å². The van der Waals surface area contributed by atoms with Crippen molar-refractivity contribution >= 4 is 11.9 Å². The molecule has 1 aromatic heterocycles. The van der Waals surface area contributed by atoms with Gasteiger partial charge in [0.2, 0.25) is 0 Å². The Morgan fingerprint density at radius 1 is 1.43 bits per heavy atom.